The van der Waals surface area contributed by atoms with Crippen LogP contribution in [0.2, 0.25) is 0 Å². The summed E-state index contributed by atoms with van der Waals surface area (Å²) in [6.45, 7) is 2.81. The molecule has 0 fully saturated rings. The number of carbonyl (C=O) groups is 1. The van der Waals surface area contributed by atoms with E-state index in [1.54, 1.807) is 0 Å². The lowest BCUT2D eigenvalue weighted by Gasteiger charge is -2.17. The fourth-order valence-corrected chi connectivity index (χ4v) is 2.47. The van der Waals surface area contributed by atoms with E-state index in [0.717, 1.165) is 12.1 Å². The Morgan fingerprint density at radius 3 is 2.45 bits per heavy atom. The maximum Gasteiger partial charge on any atom is 0.251 e. The number of rotatable bonds is 6. The van der Waals surface area contributed by atoms with Crippen LogP contribution in [0.15, 0.2) is 54.6 Å². The van der Waals surface area contributed by atoms with E-state index in [1.165, 1.54) is 5.56 Å². The SMILES string of the molecule is CCC(CNC(=O)c1cccc(N(C)C)c1)c1ccccc1. The molecule has 1 unspecified atom stereocenters. The first-order valence-electron chi connectivity index (χ1n) is 7.72. The molecule has 0 heterocycles. The Kier molecular flexibility index (Phi) is 5.59. The Bertz CT molecular complexity index is 608. The third-order valence-corrected chi connectivity index (χ3v) is 3.90. The van der Waals surface area contributed by atoms with Crippen molar-refractivity contribution in [2.45, 2.75) is 19.3 Å². The number of amides is 1. The molecule has 0 aliphatic carbocycles. The number of anilines is 1. The Hall–Kier alpha value is -2.29. The van der Waals surface area contributed by atoms with Crippen LogP contribution in [0.5, 0.6) is 0 Å². The number of hydrogen-bond donors (Lipinski definition) is 1. The minimum absolute atomic E-state index is 0.0157. The zero-order valence-electron chi connectivity index (χ0n) is 13.5. The van der Waals surface area contributed by atoms with Gasteiger partial charge in [0.2, 0.25) is 0 Å². The molecule has 1 atom stereocenters. The van der Waals surface area contributed by atoms with Gasteiger partial charge in [0.05, 0.1) is 0 Å². The maximum atomic E-state index is 12.3. The summed E-state index contributed by atoms with van der Waals surface area (Å²) in [6, 6.07) is 18.0. The minimum Gasteiger partial charge on any atom is -0.378 e. The van der Waals surface area contributed by atoms with Gasteiger partial charge in [0, 0.05) is 37.8 Å². The predicted octanol–water partition coefficient (Wildman–Crippen LogP) is 3.68. The maximum absolute atomic E-state index is 12.3. The molecule has 0 bridgehead atoms. The van der Waals surface area contributed by atoms with Crippen LogP contribution in [0.4, 0.5) is 5.69 Å². The van der Waals surface area contributed by atoms with Crippen LogP contribution in [0, 0.1) is 0 Å². The summed E-state index contributed by atoms with van der Waals surface area (Å²) in [5, 5.41) is 3.06. The number of hydrogen-bond acceptors (Lipinski definition) is 2. The smallest absolute Gasteiger partial charge is 0.251 e. The molecule has 2 rings (SSSR count). The lowest BCUT2D eigenvalue weighted by molar-refractivity contribution is 0.0951. The number of benzene rings is 2. The average Bonchev–Trinajstić information content (AvgIpc) is 2.56. The van der Waals surface area contributed by atoms with E-state index in [1.807, 2.05) is 61.5 Å². The molecule has 0 aromatic heterocycles. The van der Waals surface area contributed by atoms with E-state index in [9.17, 15) is 4.79 Å². The Morgan fingerprint density at radius 2 is 1.82 bits per heavy atom. The van der Waals surface area contributed by atoms with Gasteiger partial charge in [-0.3, -0.25) is 4.79 Å². The van der Waals surface area contributed by atoms with Crippen molar-refractivity contribution in [3.8, 4) is 0 Å². The first kappa shape index (κ1) is 16.1. The van der Waals surface area contributed by atoms with Crippen LogP contribution in [0.3, 0.4) is 0 Å². The normalized spacial score (nSPS) is 11.8. The van der Waals surface area contributed by atoms with Crippen LogP contribution >= 0.6 is 0 Å². The molecule has 0 aliphatic rings. The summed E-state index contributed by atoms with van der Waals surface area (Å²) >= 11 is 0. The van der Waals surface area contributed by atoms with Crippen LogP contribution in [-0.4, -0.2) is 26.5 Å². The van der Waals surface area contributed by atoms with Crippen LogP contribution in [-0.2, 0) is 0 Å². The first-order valence-corrected chi connectivity index (χ1v) is 7.72. The second-order valence-corrected chi connectivity index (χ2v) is 5.67. The van der Waals surface area contributed by atoms with Gasteiger partial charge in [0.1, 0.15) is 0 Å². The van der Waals surface area contributed by atoms with E-state index < -0.39 is 0 Å². The first-order chi connectivity index (χ1) is 10.6. The van der Waals surface area contributed by atoms with Gasteiger partial charge in [-0.1, -0.05) is 43.3 Å². The van der Waals surface area contributed by atoms with Gasteiger partial charge >= 0.3 is 0 Å². The third kappa shape index (κ3) is 4.10. The van der Waals surface area contributed by atoms with Crippen molar-refractivity contribution < 1.29 is 4.79 Å². The molecule has 0 saturated heterocycles. The molecule has 1 N–H and O–H groups in total. The standard InChI is InChI=1S/C19H24N2O/c1-4-15(16-9-6-5-7-10-16)14-20-19(22)17-11-8-12-18(13-17)21(2)3/h5-13,15H,4,14H2,1-3H3,(H,20,22). The summed E-state index contributed by atoms with van der Waals surface area (Å²) in [6.07, 6.45) is 1.00. The van der Waals surface area contributed by atoms with Gasteiger partial charge in [0.25, 0.3) is 5.91 Å². The summed E-state index contributed by atoms with van der Waals surface area (Å²) in [5.41, 5.74) is 3.00. The van der Waals surface area contributed by atoms with E-state index >= 15 is 0 Å². The van der Waals surface area contributed by atoms with Crippen molar-refractivity contribution in [2.24, 2.45) is 0 Å². The Balaban J connectivity index is 2.01. The van der Waals surface area contributed by atoms with E-state index in [2.05, 4.69) is 24.4 Å². The molecule has 3 nitrogen and oxygen atoms in total. The number of nitrogens with zero attached hydrogens (tertiary/aromatic N) is 1. The largest absolute Gasteiger partial charge is 0.378 e. The van der Waals surface area contributed by atoms with Crippen molar-refractivity contribution in [3.05, 3.63) is 65.7 Å². The lowest BCUT2D eigenvalue weighted by Crippen LogP contribution is -2.28. The van der Waals surface area contributed by atoms with Crippen molar-refractivity contribution in [1.29, 1.82) is 0 Å². The highest BCUT2D eigenvalue weighted by Gasteiger charge is 2.12. The third-order valence-electron chi connectivity index (χ3n) is 3.90. The quantitative estimate of drug-likeness (QED) is 0.882. The van der Waals surface area contributed by atoms with Gasteiger partial charge < -0.3 is 10.2 Å². The van der Waals surface area contributed by atoms with Crippen molar-refractivity contribution in [2.75, 3.05) is 25.5 Å². The van der Waals surface area contributed by atoms with Gasteiger partial charge in [-0.2, -0.15) is 0 Å². The number of nitrogens with one attached hydrogen (secondary N) is 1. The highest BCUT2D eigenvalue weighted by atomic mass is 16.1. The topological polar surface area (TPSA) is 32.3 Å². The van der Waals surface area contributed by atoms with Crippen LogP contribution < -0.4 is 10.2 Å². The van der Waals surface area contributed by atoms with Gasteiger partial charge in [-0.15, -0.1) is 0 Å². The second-order valence-electron chi connectivity index (χ2n) is 5.67. The molecular weight excluding hydrogens is 272 g/mol. The molecule has 116 valence electrons. The second kappa shape index (κ2) is 7.64. The van der Waals surface area contributed by atoms with Crippen molar-refractivity contribution in [1.82, 2.24) is 5.32 Å². The lowest BCUT2D eigenvalue weighted by atomic mass is 9.96. The van der Waals surface area contributed by atoms with E-state index in [-0.39, 0.29) is 5.91 Å². The molecular formula is C19H24N2O. The zero-order valence-corrected chi connectivity index (χ0v) is 13.5. The summed E-state index contributed by atoms with van der Waals surface area (Å²) in [5.74, 6) is 0.334. The van der Waals surface area contributed by atoms with Gasteiger partial charge in [0.15, 0.2) is 0 Å². The molecule has 0 saturated carbocycles. The van der Waals surface area contributed by atoms with E-state index in [0.29, 0.717) is 18.0 Å². The highest BCUT2D eigenvalue weighted by molar-refractivity contribution is 5.95. The molecule has 0 aliphatic heterocycles. The molecule has 0 radical (unpaired) electrons. The molecule has 22 heavy (non-hydrogen) atoms. The molecule has 0 spiro atoms. The summed E-state index contributed by atoms with van der Waals surface area (Å²) < 4.78 is 0. The fraction of sp³-hybridized carbons (Fsp3) is 0.316. The number of carbonyl (C=O) groups excluding carboxylic acids is 1. The summed E-state index contributed by atoms with van der Waals surface area (Å²) in [7, 11) is 3.94. The Morgan fingerprint density at radius 1 is 1.09 bits per heavy atom. The monoisotopic (exact) mass is 296 g/mol. The molecule has 2 aromatic rings. The molecule has 2 aromatic carbocycles. The van der Waals surface area contributed by atoms with Crippen molar-refractivity contribution in [3.63, 3.8) is 0 Å². The van der Waals surface area contributed by atoms with Crippen LogP contribution in [0.1, 0.15) is 35.2 Å². The predicted molar refractivity (Wildman–Crippen MR) is 92.6 cm³/mol. The van der Waals surface area contributed by atoms with Gasteiger partial charge in [-0.05, 0) is 30.2 Å². The Labute approximate surface area is 133 Å². The van der Waals surface area contributed by atoms with Gasteiger partial charge in [-0.25, -0.2) is 0 Å². The van der Waals surface area contributed by atoms with Crippen molar-refractivity contribution >= 4 is 11.6 Å². The molecule has 3 heteroatoms. The average molecular weight is 296 g/mol. The summed E-state index contributed by atoms with van der Waals surface area (Å²) in [4.78, 5) is 14.3. The fourth-order valence-electron chi connectivity index (χ4n) is 2.47. The minimum atomic E-state index is -0.0157. The van der Waals surface area contributed by atoms with E-state index in [4.69, 9.17) is 0 Å². The zero-order chi connectivity index (χ0) is 15.9. The van der Waals surface area contributed by atoms with Crippen LogP contribution in [0.25, 0.3) is 0 Å². The highest BCUT2D eigenvalue weighted by Crippen LogP contribution is 2.18. The molecule has 1 amide bonds.